The predicted octanol–water partition coefficient (Wildman–Crippen LogP) is 1.69. The van der Waals surface area contributed by atoms with E-state index < -0.39 is 0 Å². The summed E-state index contributed by atoms with van der Waals surface area (Å²) in [4.78, 5) is 23.6. The Morgan fingerprint density at radius 2 is 2.00 bits per heavy atom. The standard InChI is InChI=1S/C16H17N5O2/c1-10-13(8-15(22)18-14-9-17-19-16(14)23)11(2)21(20-10)12-6-4-3-5-7-12/h3-7,9H,8H2,1-2H3,(H,18,22)(H2,17,19,23). The first-order chi connectivity index (χ1) is 11.1. The van der Waals surface area contributed by atoms with E-state index in [1.54, 1.807) is 0 Å². The molecule has 3 rings (SSSR count). The molecular formula is C16H17N5O2. The van der Waals surface area contributed by atoms with Gasteiger partial charge in [0.1, 0.15) is 5.69 Å². The van der Waals surface area contributed by atoms with Crippen molar-refractivity contribution >= 4 is 11.6 Å². The minimum Gasteiger partial charge on any atom is -0.320 e. The first-order valence-electron chi connectivity index (χ1n) is 7.22. The number of aromatic amines is 2. The Morgan fingerprint density at radius 1 is 1.26 bits per heavy atom. The van der Waals surface area contributed by atoms with Gasteiger partial charge in [-0.3, -0.25) is 14.7 Å². The molecule has 7 nitrogen and oxygen atoms in total. The second-order valence-electron chi connectivity index (χ2n) is 5.28. The molecule has 0 aliphatic heterocycles. The Labute approximate surface area is 132 Å². The van der Waals surface area contributed by atoms with E-state index in [0.717, 1.165) is 22.6 Å². The summed E-state index contributed by atoms with van der Waals surface area (Å²) < 4.78 is 1.82. The molecule has 118 valence electrons. The van der Waals surface area contributed by atoms with Gasteiger partial charge in [-0.25, -0.2) is 4.68 Å². The van der Waals surface area contributed by atoms with Gasteiger partial charge in [0.2, 0.25) is 5.91 Å². The molecule has 7 heteroatoms. The van der Waals surface area contributed by atoms with Crippen LogP contribution in [0.15, 0.2) is 41.3 Å². The fourth-order valence-electron chi connectivity index (χ4n) is 2.51. The molecule has 3 N–H and O–H groups in total. The molecule has 0 radical (unpaired) electrons. The molecule has 2 heterocycles. The van der Waals surface area contributed by atoms with Crippen molar-refractivity contribution in [1.82, 2.24) is 20.0 Å². The van der Waals surface area contributed by atoms with Gasteiger partial charge < -0.3 is 10.4 Å². The molecule has 1 amide bonds. The van der Waals surface area contributed by atoms with Crippen LogP contribution in [0.4, 0.5) is 5.69 Å². The molecule has 3 aromatic rings. The van der Waals surface area contributed by atoms with E-state index in [0.29, 0.717) is 0 Å². The highest BCUT2D eigenvalue weighted by atomic mass is 16.2. The molecular weight excluding hydrogens is 294 g/mol. The number of carbonyl (C=O) groups is 1. The number of nitrogens with one attached hydrogen (secondary N) is 3. The van der Waals surface area contributed by atoms with Crippen molar-refractivity contribution < 1.29 is 4.79 Å². The molecule has 0 atom stereocenters. The van der Waals surface area contributed by atoms with E-state index in [9.17, 15) is 9.59 Å². The number of rotatable bonds is 4. The number of H-pyrrole nitrogens is 2. The Bertz CT molecular complexity index is 889. The highest BCUT2D eigenvalue weighted by Crippen LogP contribution is 2.18. The van der Waals surface area contributed by atoms with Crippen LogP contribution in [0.3, 0.4) is 0 Å². The van der Waals surface area contributed by atoms with Crippen molar-refractivity contribution in [2.45, 2.75) is 20.3 Å². The second-order valence-corrected chi connectivity index (χ2v) is 5.28. The molecule has 0 saturated heterocycles. The molecule has 1 aromatic carbocycles. The monoisotopic (exact) mass is 311 g/mol. The Hall–Kier alpha value is -3.09. The van der Waals surface area contributed by atoms with Crippen LogP contribution < -0.4 is 10.9 Å². The number of benzene rings is 1. The number of amides is 1. The Kier molecular flexibility index (Phi) is 3.84. The van der Waals surface area contributed by atoms with Crippen molar-refractivity contribution in [2.75, 3.05) is 5.32 Å². The topological polar surface area (TPSA) is 95.6 Å². The lowest BCUT2D eigenvalue weighted by Crippen LogP contribution is -2.19. The number of carbonyl (C=O) groups excluding carboxylic acids is 1. The van der Waals surface area contributed by atoms with Crippen LogP contribution in [0.25, 0.3) is 5.69 Å². The maximum Gasteiger partial charge on any atom is 0.287 e. The number of anilines is 1. The second kappa shape index (κ2) is 5.96. The summed E-state index contributed by atoms with van der Waals surface area (Å²) in [6.07, 6.45) is 1.59. The van der Waals surface area contributed by atoms with Gasteiger partial charge in [-0.05, 0) is 26.0 Å². The van der Waals surface area contributed by atoms with E-state index in [1.807, 2.05) is 48.9 Å². The molecule has 0 aliphatic rings. The van der Waals surface area contributed by atoms with E-state index >= 15 is 0 Å². The SMILES string of the molecule is Cc1nn(-c2ccccc2)c(C)c1CC(=O)Nc1c[nH][nH]c1=O. The van der Waals surface area contributed by atoms with Crippen molar-refractivity contribution in [3.05, 3.63) is 63.8 Å². The van der Waals surface area contributed by atoms with Gasteiger partial charge >= 0.3 is 0 Å². The molecule has 0 unspecified atom stereocenters. The minimum absolute atomic E-state index is 0.162. The molecule has 23 heavy (non-hydrogen) atoms. The summed E-state index contributed by atoms with van der Waals surface area (Å²) in [6.45, 7) is 3.80. The van der Waals surface area contributed by atoms with Crippen LogP contribution in [0.1, 0.15) is 17.0 Å². The van der Waals surface area contributed by atoms with Crippen molar-refractivity contribution in [1.29, 1.82) is 0 Å². The first kappa shape index (κ1) is 14.8. The number of hydrogen-bond donors (Lipinski definition) is 3. The maximum absolute atomic E-state index is 12.2. The van der Waals surface area contributed by atoms with Crippen molar-refractivity contribution in [2.24, 2.45) is 0 Å². The third-order valence-corrected chi connectivity index (χ3v) is 3.70. The number of aryl methyl sites for hydroxylation is 1. The van der Waals surface area contributed by atoms with Crippen molar-refractivity contribution in [3.63, 3.8) is 0 Å². The number of aromatic nitrogens is 4. The van der Waals surface area contributed by atoms with Crippen LogP contribution in [0, 0.1) is 13.8 Å². The lowest BCUT2D eigenvalue weighted by atomic mass is 10.1. The van der Waals surface area contributed by atoms with Crippen LogP contribution in [0.5, 0.6) is 0 Å². The third-order valence-electron chi connectivity index (χ3n) is 3.70. The normalized spacial score (nSPS) is 10.7. The maximum atomic E-state index is 12.2. The van der Waals surface area contributed by atoms with Gasteiger partial charge in [0.05, 0.1) is 17.8 Å². The smallest absolute Gasteiger partial charge is 0.287 e. The van der Waals surface area contributed by atoms with Gasteiger partial charge in [-0.2, -0.15) is 5.10 Å². The molecule has 0 saturated carbocycles. The van der Waals surface area contributed by atoms with E-state index in [-0.39, 0.29) is 23.6 Å². The highest BCUT2D eigenvalue weighted by Gasteiger charge is 2.16. The average Bonchev–Trinajstić information content (AvgIpc) is 3.06. The third kappa shape index (κ3) is 2.94. The lowest BCUT2D eigenvalue weighted by molar-refractivity contribution is -0.115. The predicted molar refractivity (Wildman–Crippen MR) is 86.8 cm³/mol. The molecule has 0 aliphatic carbocycles. The van der Waals surface area contributed by atoms with E-state index in [2.05, 4.69) is 20.6 Å². The van der Waals surface area contributed by atoms with Crippen LogP contribution >= 0.6 is 0 Å². The van der Waals surface area contributed by atoms with Crippen molar-refractivity contribution in [3.8, 4) is 5.69 Å². The Balaban J connectivity index is 1.84. The largest absolute Gasteiger partial charge is 0.320 e. The van der Waals surface area contributed by atoms with Crippen LogP contribution in [0.2, 0.25) is 0 Å². The van der Waals surface area contributed by atoms with Gasteiger partial charge in [-0.1, -0.05) is 18.2 Å². The summed E-state index contributed by atoms with van der Waals surface area (Å²) in [7, 11) is 0. The molecule has 0 fully saturated rings. The number of nitrogens with zero attached hydrogens (tertiary/aromatic N) is 2. The summed E-state index contributed by atoms with van der Waals surface area (Å²) >= 11 is 0. The molecule has 2 aromatic heterocycles. The van der Waals surface area contributed by atoms with E-state index in [1.165, 1.54) is 6.20 Å². The van der Waals surface area contributed by atoms with Gasteiger partial charge in [0.25, 0.3) is 5.56 Å². The Morgan fingerprint density at radius 3 is 2.65 bits per heavy atom. The number of para-hydroxylation sites is 1. The fourth-order valence-corrected chi connectivity index (χ4v) is 2.51. The van der Waals surface area contributed by atoms with Gasteiger partial charge in [-0.15, -0.1) is 0 Å². The summed E-state index contributed by atoms with van der Waals surface area (Å²) in [5.41, 5.74) is 3.36. The number of hydrogen-bond acceptors (Lipinski definition) is 3. The van der Waals surface area contributed by atoms with Crippen LogP contribution in [-0.2, 0) is 11.2 Å². The van der Waals surface area contributed by atoms with Gasteiger partial charge in [0.15, 0.2) is 0 Å². The fraction of sp³-hybridized carbons (Fsp3) is 0.188. The van der Waals surface area contributed by atoms with E-state index in [4.69, 9.17) is 0 Å². The first-order valence-corrected chi connectivity index (χ1v) is 7.22. The van der Waals surface area contributed by atoms with Crippen LogP contribution in [-0.4, -0.2) is 25.9 Å². The summed E-state index contributed by atoms with van der Waals surface area (Å²) in [5.74, 6) is -0.256. The lowest BCUT2D eigenvalue weighted by Gasteiger charge is -2.05. The zero-order valence-corrected chi connectivity index (χ0v) is 12.9. The molecule has 0 spiro atoms. The summed E-state index contributed by atoms with van der Waals surface area (Å²) in [5, 5.41) is 12.0. The zero-order chi connectivity index (χ0) is 16.4. The van der Waals surface area contributed by atoms with Gasteiger partial charge in [0, 0.05) is 17.5 Å². The highest BCUT2D eigenvalue weighted by molar-refractivity contribution is 5.92. The minimum atomic E-state index is -0.355. The zero-order valence-electron chi connectivity index (χ0n) is 12.9. The molecule has 0 bridgehead atoms. The quantitative estimate of drug-likeness (QED) is 0.684. The average molecular weight is 311 g/mol. The summed E-state index contributed by atoms with van der Waals surface area (Å²) in [6, 6.07) is 9.75.